The molecule has 0 fully saturated rings. The number of Topliss-reactive ketones (excluding diaryl/α,β-unsaturated/α-hetero) is 1. The molecule has 0 aliphatic heterocycles. The summed E-state index contributed by atoms with van der Waals surface area (Å²) in [6, 6.07) is 15.7. The second-order valence-corrected chi connectivity index (χ2v) is 9.94. The van der Waals surface area contributed by atoms with Crippen LogP contribution in [0.2, 0.25) is 10.0 Å². The fourth-order valence-corrected chi connectivity index (χ4v) is 5.17. The normalized spacial score (nSPS) is 11.7. The Labute approximate surface area is 208 Å². The standard InChI is InChI=1S/C25H22Cl2O6S/c1-31-19-12-22(32-2)20(23(13-19)33-3)14-24(25(28)16-8-10-18(26)11-9-16)34(29,30)15-17-6-4-5-7-21(17)27/h4-14H,15H2,1-3H3/b24-14-. The molecule has 6 nitrogen and oxygen atoms in total. The second kappa shape index (κ2) is 11.0. The summed E-state index contributed by atoms with van der Waals surface area (Å²) in [4.78, 5) is 13.0. The molecule has 0 radical (unpaired) electrons. The third-order valence-corrected chi connectivity index (χ3v) is 7.28. The molecule has 0 saturated carbocycles. The molecule has 0 aromatic heterocycles. The maximum Gasteiger partial charge on any atom is 0.204 e. The van der Waals surface area contributed by atoms with Crippen molar-refractivity contribution in [3.8, 4) is 17.2 Å². The molecule has 0 spiro atoms. The van der Waals surface area contributed by atoms with Crippen molar-refractivity contribution in [1.29, 1.82) is 0 Å². The Morgan fingerprint density at radius 2 is 1.47 bits per heavy atom. The zero-order chi connectivity index (χ0) is 24.9. The summed E-state index contributed by atoms with van der Waals surface area (Å²) >= 11 is 12.1. The van der Waals surface area contributed by atoms with E-state index in [0.717, 1.165) is 0 Å². The summed E-state index contributed by atoms with van der Waals surface area (Å²) in [7, 11) is 0.154. The molecule has 0 bridgehead atoms. The summed E-state index contributed by atoms with van der Waals surface area (Å²) < 4.78 is 43.3. The quantitative estimate of drug-likeness (QED) is 0.259. The van der Waals surface area contributed by atoms with Gasteiger partial charge in [0.05, 0.1) is 32.6 Å². The van der Waals surface area contributed by atoms with E-state index in [1.807, 2.05) is 0 Å². The monoisotopic (exact) mass is 520 g/mol. The first-order chi connectivity index (χ1) is 16.2. The maximum absolute atomic E-state index is 13.6. The average molecular weight is 521 g/mol. The first kappa shape index (κ1) is 25.6. The summed E-state index contributed by atoms with van der Waals surface area (Å²) in [6.07, 6.45) is 1.25. The predicted octanol–water partition coefficient (Wildman–Crippen LogP) is 5.86. The molecule has 0 amide bonds. The second-order valence-electron chi connectivity index (χ2n) is 7.14. The van der Waals surface area contributed by atoms with Gasteiger partial charge >= 0.3 is 0 Å². The fraction of sp³-hybridized carbons (Fsp3) is 0.160. The molecule has 0 unspecified atom stereocenters. The number of carbonyl (C=O) groups excluding carboxylic acids is 1. The molecule has 0 aliphatic carbocycles. The largest absolute Gasteiger partial charge is 0.496 e. The van der Waals surface area contributed by atoms with Gasteiger partial charge in [-0.3, -0.25) is 4.79 Å². The summed E-state index contributed by atoms with van der Waals surface area (Å²) in [5.41, 5.74) is 0.795. The van der Waals surface area contributed by atoms with Gasteiger partial charge in [-0.15, -0.1) is 0 Å². The summed E-state index contributed by atoms with van der Waals surface area (Å²) in [5, 5.41) is 0.698. The smallest absolute Gasteiger partial charge is 0.204 e. The van der Waals surface area contributed by atoms with Gasteiger partial charge < -0.3 is 14.2 Å². The Bertz CT molecular complexity index is 1310. The maximum atomic E-state index is 13.6. The van der Waals surface area contributed by atoms with Crippen LogP contribution in [0.4, 0.5) is 0 Å². The van der Waals surface area contributed by atoms with E-state index in [2.05, 4.69) is 0 Å². The number of hydrogen-bond acceptors (Lipinski definition) is 6. The van der Waals surface area contributed by atoms with E-state index in [1.54, 1.807) is 36.4 Å². The highest BCUT2D eigenvalue weighted by Crippen LogP contribution is 2.37. The topological polar surface area (TPSA) is 78.9 Å². The number of sulfone groups is 1. The molecule has 178 valence electrons. The van der Waals surface area contributed by atoms with Crippen molar-refractivity contribution in [1.82, 2.24) is 0 Å². The number of ketones is 1. The molecule has 0 atom stereocenters. The molecule has 3 aromatic rings. The van der Waals surface area contributed by atoms with Crippen molar-refractivity contribution in [3.63, 3.8) is 0 Å². The Morgan fingerprint density at radius 3 is 2.00 bits per heavy atom. The molecule has 3 aromatic carbocycles. The first-order valence-corrected chi connectivity index (χ1v) is 12.4. The van der Waals surface area contributed by atoms with Gasteiger partial charge in [0, 0.05) is 27.7 Å². The SMILES string of the molecule is COc1cc(OC)c(/C=C(/C(=O)c2ccc(Cl)cc2)S(=O)(=O)Cc2ccccc2Cl)c(OC)c1. The van der Waals surface area contributed by atoms with Gasteiger partial charge in [-0.05, 0) is 42.0 Å². The van der Waals surface area contributed by atoms with E-state index in [0.29, 0.717) is 16.3 Å². The van der Waals surface area contributed by atoms with Crippen molar-refractivity contribution >= 4 is 44.9 Å². The van der Waals surface area contributed by atoms with E-state index in [4.69, 9.17) is 37.4 Å². The molecule has 9 heteroatoms. The predicted molar refractivity (Wildman–Crippen MR) is 134 cm³/mol. The Balaban J connectivity index is 2.24. The number of rotatable bonds is 9. The third-order valence-electron chi connectivity index (χ3n) is 5.00. The van der Waals surface area contributed by atoms with Crippen LogP contribution in [-0.2, 0) is 15.6 Å². The van der Waals surface area contributed by atoms with Gasteiger partial charge in [0.25, 0.3) is 0 Å². The van der Waals surface area contributed by atoms with Crippen LogP contribution in [0.3, 0.4) is 0 Å². The Kier molecular flexibility index (Phi) is 8.25. The number of carbonyl (C=O) groups is 1. The number of hydrogen-bond donors (Lipinski definition) is 0. The van der Waals surface area contributed by atoms with Crippen molar-refractivity contribution in [2.45, 2.75) is 5.75 Å². The van der Waals surface area contributed by atoms with Gasteiger partial charge in [0.15, 0.2) is 9.84 Å². The zero-order valence-corrected chi connectivity index (χ0v) is 21.0. The van der Waals surface area contributed by atoms with Crippen LogP contribution < -0.4 is 14.2 Å². The molecule has 0 saturated heterocycles. The van der Waals surface area contributed by atoms with Crippen LogP contribution in [0.1, 0.15) is 21.5 Å². The van der Waals surface area contributed by atoms with Crippen molar-refractivity contribution in [2.24, 2.45) is 0 Å². The minimum absolute atomic E-state index is 0.157. The number of methoxy groups -OCH3 is 3. The van der Waals surface area contributed by atoms with E-state index < -0.39 is 26.3 Å². The van der Waals surface area contributed by atoms with E-state index in [9.17, 15) is 13.2 Å². The van der Waals surface area contributed by atoms with E-state index in [-0.39, 0.29) is 27.6 Å². The van der Waals surface area contributed by atoms with Gasteiger partial charge in [0.2, 0.25) is 5.78 Å². The lowest BCUT2D eigenvalue weighted by Crippen LogP contribution is -2.16. The van der Waals surface area contributed by atoms with Crippen LogP contribution in [0.25, 0.3) is 6.08 Å². The van der Waals surface area contributed by atoms with Crippen LogP contribution in [0.15, 0.2) is 65.6 Å². The van der Waals surface area contributed by atoms with Crippen LogP contribution >= 0.6 is 23.2 Å². The highest BCUT2D eigenvalue weighted by atomic mass is 35.5. The zero-order valence-electron chi connectivity index (χ0n) is 18.7. The summed E-state index contributed by atoms with van der Waals surface area (Å²) in [6.45, 7) is 0. The molecule has 3 rings (SSSR count). The van der Waals surface area contributed by atoms with Crippen molar-refractivity contribution in [3.05, 3.63) is 92.3 Å². The molecule has 34 heavy (non-hydrogen) atoms. The average Bonchev–Trinajstić information content (AvgIpc) is 2.83. The highest BCUT2D eigenvalue weighted by molar-refractivity contribution is 7.95. The number of benzene rings is 3. The lowest BCUT2D eigenvalue weighted by atomic mass is 10.1. The first-order valence-electron chi connectivity index (χ1n) is 9.98. The fourth-order valence-electron chi connectivity index (χ4n) is 3.24. The van der Waals surface area contributed by atoms with E-state index in [1.165, 1.54) is 51.7 Å². The molecular weight excluding hydrogens is 499 g/mol. The number of halogens is 2. The molecule has 0 aliphatic rings. The lowest BCUT2D eigenvalue weighted by molar-refractivity contribution is 0.104. The highest BCUT2D eigenvalue weighted by Gasteiger charge is 2.28. The van der Waals surface area contributed by atoms with Gasteiger partial charge in [0.1, 0.15) is 22.2 Å². The van der Waals surface area contributed by atoms with Crippen LogP contribution in [-0.4, -0.2) is 35.5 Å². The van der Waals surface area contributed by atoms with E-state index >= 15 is 0 Å². The van der Waals surface area contributed by atoms with Crippen molar-refractivity contribution in [2.75, 3.05) is 21.3 Å². The Hall–Kier alpha value is -3.00. The lowest BCUT2D eigenvalue weighted by Gasteiger charge is -2.15. The van der Waals surface area contributed by atoms with Gasteiger partial charge in [-0.2, -0.15) is 0 Å². The van der Waals surface area contributed by atoms with Crippen molar-refractivity contribution < 1.29 is 27.4 Å². The Morgan fingerprint density at radius 1 is 0.882 bits per heavy atom. The molecule has 0 heterocycles. The third kappa shape index (κ3) is 5.73. The van der Waals surface area contributed by atoms with Crippen LogP contribution in [0.5, 0.6) is 17.2 Å². The van der Waals surface area contributed by atoms with Gasteiger partial charge in [-0.1, -0.05) is 41.4 Å². The number of allylic oxidation sites excluding steroid dienone is 1. The minimum atomic E-state index is -4.17. The van der Waals surface area contributed by atoms with Crippen LogP contribution in [0, 0.1) is 0 Å². The summed E-state index contributed by atoms with van der Waals surface area (Å²) in [5.74, 6) is -0.200. The van der Waals surface area contributed by atoms with Gasteiger partial charge in [-0.25, -0.2) is 8.42 Å². The minimum Gasteiger partial charge on any atom is -0.496 e. The molecular formula is C25H22Cl2O6S. The number of ether oxygens (including phenoxy) is 3. The molecule has 0 N–H and O–H groups in total.